The van der Waals surface area contributed by atoms with E-state index in [1.807, 2.05) is 12.1 Å². The van der Waals surface area contributed by atoms with E-state index in [4.69, 9.17) is 14.7 Å². The Kier molecular flexibility index (Phi) is 5.28. The fourth-order valence-electron chi connectivity index (χ4n) is 5.06. The van der Waals surface area contributed by atoms with Crippen LogP contribution in [0.15, 0.2) is 24.3 Å². The first-order valence-corrected chi connectivity index (χ1v) is 10.4. The number of aromatic nitrogens is 2. The molecule has 2 aromatic rings. The quantitative estimate of drug-likeness (QED) is 0.872. The zero-order valence-corrected chi connectivity index (χ0v) is 17.2. The number of aryl methyl sites for hydroxylation is 2. The molecule has 0 amide bonds. The standard InChI is InChI=1S/C23H31N3O2/c1-16-21(12-18-6-8-20(28-3)9-7-18)17(2)25-22(24-16)26-14-19(27)13-23(15-26)10-4-5-11-23/h6-9,19,27H,4-5,10-15H2,1-3H3. The number of anilines is 1. The molecule has 5 nitrogen and oxygen atoms in total. The predicted molar refractivity (Wildman–Crippen MR) is 111 cm³/mol. The topological polar surface area (TPSA) is 58.5 Å². The molecular formula is C23H31N3O2. The molecule has 0 radical (unpaired) electrons. The molecule has 28 heavy (non-hydrogen) atoms. The highest BCUT2D eigenvalue weighted by atomic mass is 16.5. The second kappa shape index (κ2) is 7.70. The van der Waals surface area contributed by atoms with E-state index in [1.165, 1.54) is 36.8 Å². The predicted octanol–water partition coefficient (Wildman–Crippen LogP) is 3.82. The molecular weight excluding hydrogens is 350 g/mol. The number of piperidine rings is 1. The lowest BCUT2D eigenvalue weighted by Gasteiger charge is -2.43. The summed E-state index contributed by atoms with van der Waals surface area (Å²) >= 11 is 0. The normalized spacial score (nSPS) is 21.3. The zero-order valence-electron chi connectivity index (χ0n) is 17.2. The second-order valence-corrected chi connectivity index (χ2v) is 8.64. The third-order valence-electron chi connectivity index (χ3n) is 6.52. The van der Waals surface area contributed by atoms with Crippen LogP contribution < -0.4 is 9.64 Å². The number of β-amino-alcohol motifs (C(OH)–C–C–N with tert-alkyl or cyclic N) is 1. The van der Waals surface area contributed by atoms with E-state index >= 15 is 0 Å². The van der Waals surface area contributed by atoms with Gasteiger partial charge in [-0.25, -0.2) is 9.97 Å². The lowest BCUT2D eigenvalue weighted by Crippen LogP contribution is -2.49. The maximum atomic E-state index is 10.5. The van der Waals surface area contributed by atoms with E-state index in [9.17, 15) is 5.11 Å². The highest BCUT2D eigenvalue weighted by Crippen LogP contribution is 2.45. The molecule has 1 saturated carbocycles. The van der Waals surface area contributed by atoms with Gasteiger partial charge in [-0.2, -0.15) is 0 Å². The molecule has 2 heterocycles. The number of methoxy groups -OCH3 is 1. The molecule has 0 bridgehead atoms. The van der Waals surface area contributed by atoms with Crippen LogP contribution in [0.25, 0.3) is 0 Å². The fraction of sp³-hybridized carbons (Fsp3) is 0.565. The summed E-state index contributed by atoms with van der Waals surface area (Å²) in [5.41, 5.74) is 4.71. The number of nitrogens with zero attached hydrogens (tertiary/aromatic N) is 3. The summed E-state index contributed by atoms with van der Waals surface area (Å²) in [5, 5.41) is 10.5. The number of ether oxygens (including phenoxy) is 1. The molecule has 1 unspecified atom stereocenters. The van der Waals surface area contributed by atoms with Crippen molar-refractivity contribution in [3.05, 3.63) is 46.8 Å². The summed E-state index contributed by atoms with van der Waals surface area (Å²) in [7, 11) is 1.68. The summed E-state index contributed by atoms with van der Waals surface area (Å²) in [4.78, 5) is 11.9. The van der Waals surface area contributed by atoms with E-state index < -0.39 is 0 Å². The average Bonchev–Trinajstić information content (AvgIpc) is 3.11. The van der Waals surface area contributed by atoms with Crippen LogP contribution >= 0.6 is 0 Å². The molecule has 1 aromatic heterocycles. The Bertz CT molecular complexity index is 805. The zero-order chi connectivity index (χ0) is 19.7. The Morgan fingerprint density at radius 2 is 1.75 bits per heavy atom. The van der Waals surface area contributed by atoms with Crippen molar-refractivity contribution in [2.24, 2.45) is 5.41 Å². The van der Waals surface area contributed by atoms with Gasteiger partial charge in [0.2, 0.25) is 5.95 Å². The molecule has 4 rings (SSSR count). The molecule has 2 fully saturated rings. The first kappa shape index (κ1) is 19.2. The van der Waals surface area contributed by atoms with Crippen molar-refractivity contribution in [1.29, 1.82) is 0 Å². The summed E-state index contributed by atoms with van der Waals surface area (Å²) in [5.74, 6) is 1.65. The van der Waals surface area contributed by atoms with Gasteiger partial charge in [-0.15, -0.1) is 0 Å². The highest BCUT2D eigenvalue weighted by Gasteiger charge is 2.42. The average molecular weight is 382 g/mol. The number of aliphatic hydroxyl groups excluding tert-OH is 1. The van der Waals surface area contributed by atoms with Gasteiger partial charge >= 0.3 is 0 Å². The van der Waals surface area contributed by atoms with Gasteiger partial charge in [-0.3, -0.25) is 0 Å². The number of aliphatic hydroxyl groups is 1. The van der Waals surface area contributed by atoms with Gasteiger partial charge in [0.25, 0.3) is 0 Å². The van der Waals surface area contributed by atoms with Gasteiger partial charge in [0.15, 0.2) is 0 Å². The SMILES string of the molecule is COc1ccc(Cc2c(C)nc(N3CC(O)CC4(CCCC4)C3)nc2C)cc1. The monoisotopic (exact) mass is 381 g/mol. The Morgan fingerprint density at radius 1 is 1.11 bits per heavy atom. The minimum absolute atomic E-state index is 0.255. The van der Waals surface area contributed by atoms with Crippen LogP contribution in [0.2, 0.25) is 0 Å². The van der Waals surface area contributed by atoms with Crippen LogP contribution in [-0.2, 0) is 6.42 Å². The van der Waals surface area contributed by atoms with E-state index in [0.29, 0.717) is 6.54 Å². The molecule has 1 aliphatic heterocycles. The Balaban J connectivity index is 1.56. The number of hydrogen-bond donors (Lipinski definition) is 1. The van der Waals surface area contributed by atoms with E-state index in [1.54, 1.807) is 7.11 Å². The van der Waals surface area contributed by atoms with Crippen molar-refractivity contribution < 1.29 is 9.84 Å². The van der Waals surface area contributed by atoms with Crippen LogP contribution in [-0.4, -0.2) is 41.4 Å². The first-order valence-electron chi connectivity index (χ1n) is 10.4. The van der Waals surface area contributed by atoms with Gasteiger partial charge in [0, 0.05) is 30.9 Å². The minimum Gasteiger partial charge on any atom is -0.497 e. The van der Waals surface area contributed by atoms with Crippen molar-refractivity contribution in [2.45, 2.75) is 58.5 Å². The van der Waals surface area contributed by atoms with E-state index in [-0.39, 0.29) is 11.5 Å². The van der Waals surface area contributed by atoms with Crippen LogP contribution in [0.3, 0.4) is 0 Å². The number of benzene rings is 1. The van der Waals surface area contributed by atoms with Crippen LogP contribution in [0.1, 0.15) is 54.6 Å². The Hall–Kier alpha value is -2.14. The third kappa shape index (κ3) is 3.86. The summed E-state index contributed by atoms with van der Waals surface area (Å²) in [6.07, 6.45) is 6.45. The van der Waals surface area contributed by atoms with Crippen LogP contribution in [0, 0.1) is 19.3 Å². The second-order valence-electron chi connectivity index (χ2n) is 8.64. The lowest BCUT2D eigenvalue weighted by atomic mass is 9.77. The molecule has 150 valence electrons. The van der Waals surface area contributed by atoms with Crippen molar-refractivity contribution in [3.63, 3.8) is 0 Å². The van der Waals surface area contributed by atoms with Gasteiger partial charge in [0.05, 0.1) is 13.2 Å². The van der Waals surface area contributed by atoms with Crippen molar-refractivity contribution in [3.8, 4) is 5.75 Å². The summed E-state index contributed by atoms with van der Waals surface area (Å²) < 4.78 is 5.25. The molecule has 5 heteroatoms. The summed E-state index contributed by atoms with van der Waals surface area (Å²) in [6, 6.07) is 8.17. The van der Waals surface area contributed by atoms with Crippen molar-refractivity contribution in [1.82, 2.24) is 9.97 Å². The molecule has 1 saturated heterocycles. The van der Waals surface area contributed by atoms with Crippen molar-refractivity contribution >= 4 is 5.95 Å². The van der Waals surface area contributed by atoms with E-state index in [2.05, 4.69) is 30.9 Å². The number of rotatable bonds is 4. The number of hydrogen-bond acceptors (Lipinski definition) is 5. The van der Waals surface area contributed by atoms with Crippen LogP contribution in [0.5, 0.6) is 5.75 Å². The van der Waals surface area contributed by atoms with Gasteiger partial charge in [-0.1, -0.05) is 25.0 Å². The van der Waals surface area contributed by atoms with Gasteiger partial charge in [0.1, 0.15) is 5.75 Å². The van der Waals surface area contributed by atoms with E-state index in [0.717, 1.165) is 42.5 Å². The molecule has 1 aliphatic carbocycles. The highest BCUT2D eigenvalue weighted by molar-refractivity contribution is 5.41. The third-order valence-corrected chi connectivity index (χ3v) is 6.52. The smallest absolute Gasteiger partial charge is 0.225 e. The first-order chi connectivity index (χ1) is 13.5. The fourth-order valence-corrected chi connectivity index (χ4v) is 5.06. The Morgan fingerprint density at radius 3 is 2.36 bits per heavy atom. The van der Waals surface area contributed by atoms with Gasteiger partial charge in [-0.05, 0) is 61.8 Å². The summed E-state index contributed by atoms with van der Waals surface area (Å²) in [6.45, 7) is 5.75. The molecule has 1 spiro atoms. The maximum absolute atomic E-state index is 10.5. The molecule has 1 atom stereocenters. The molecule has 1 N–H and O–H groups in total. The van der Waals surface area contributed by atoms with Gasteiger partial charge < -0.3 is 14.7 Å². The largest absolute Gasteiger partial charge is 0.497 e. The van der Waals surface area contributed by atoms with Crippen molar-refractivity contribution in [2.75, 3.05) is 25.1 Å². The van der Waals surface area contributed by atoms with Crippen LogP contribution in [0.4, 0.5) is 5.95 Å². The lowest BCUT2D eigenvalue weighted by molar-refractivity contribution is 0.0786. The minimum atomic E-state index is -0.282. The molecule has 1 aromatic carbocycles. The maximum Gasteiger partial charge on any atom is 0.225 e. The Labute approximate surface area is 167 Å². The molecule has 2 aliphatic rings.